The van der Waals surface area contributed by atoms with Gasteiger partial charge in [0.2, 0.25) is 0 Å². The average molecular weight is 221 g/mol. The maximum Gasteiger partial charge on any atom is 0.315 e. The van der Waals surface area contributed by atoms with E-state index in [-0.39, 0.29) is 17.0 Å². The van der Waals surface area contributed by atoms with E-state index in [0.717, 1.165) is 6.07 Å². The van der Waals surface area contributed by atoms with Gasteiger partial charge in [-0.2, -0.15) is 0 Å². The molecule has 1 rings (SSSR count). The summed E-state index contributed by atoms with van der Waals surface area (Å²) in [4.78, 5) is 20.1. The molecule has 0 saturated carbocycles. The Bertz CT molecular complexity index is 498. The Hall–Kier alpha value is -2.55. The number of rotatable bonds is 2. The summed E-state index contributed by atoms with van der Waals surface area (Å²) in [5.74, 6) is 3.31. The molecule has 6 heteroatoms. The summed E-state index contributed by atoms with van der Waals surface area (Å²) in [5, 5.41) is 28.0. The molecular formula is C10H7NO5. The fourth-order valence-corrected chi connectivity index (χ4v) is 0.992. The Morgan fingerprint density at radius 3 is 2.75 bits per heavy atom. The van der Waals surface area contributed by atoms with Crippen molar-refractivity contribution < 1.29 is 19.9 Å². The molecule has 1 aromatic rings. The van der Waals surface area contributed by atoms with Gasteiger partial charge in [0.05, 0.1) is 11.0 Å². The largest absolute Gasteiger partial charge is 0.508 e. The number of phenolic OH excluding ortho intramolecular Hbond substituents is 1. The third kappa shape index (κ3) is 2.99. The summed E-state index contributed by atoms with van der Waals surface area (Å²) in [6, 6.07) is 3.48. The molecule has 6 nitrogen and oxygen atoms in total. The first-order chi connectivity index (χ1) is 7.50. The number of nitro benzene ring substituents is 1. The Kier molecular flexibility index (Phi) is 3.45. The number of hydrogen-bond acceptors (Lipinski definition) is 4. The first-order valence-electron chi connectivity index (χ1n) is 4.19. The Labute approximate surface area is 90.3 Å². The molecule has 0 atom stereocenters. The molecule has 0 radical (unpaired) electrons. The summed E-state index contributed by atoms with van der Waals surface area (Å²) < 4.78 is 0. The molecule has 0 aliphatic carbocycles. The maximum atomic E-state index is 10.6. The van der Waals surface area contributed by atoms with Crippen LogP contribution in [0.2, 0.25) is 0 Å². The fourth-order valence-electron chi connectivity index (χ4n) is 0.992. The fraction of sp³-hybridized carbons (Fsp3) is 0.100. The number of aliphatic carboxylic acids is 1. The van der Waals surface area contributed by atoms with Crippen molar-refractivity contribution in [3.63, 3.8) is 0 Å². The number of hydrogen-bond donors (Lipinski definition) is 2. The highest BCUT2D eigenvalue weighted by molar-refractivity contribution is 5.70. The van der Waals surface area contributed by atoms with E-state index < -0.39 is 17.3 Å². The van der Waals surface area contributed by atoms with E-state index in [0.29, 0.717) is 0 Å². The highest BCUT2D eigenvalue weighted by atomic mass is 16.6. The zero-order valence-corrected chi connectivity index (χ0v) is 8.01. The van der Waals surface area contributed by atoms with Crippen molar-refractivity contribution in [2.75, 3.05) is 0 Å². The first kappa shape index (κ1) is 11.5. The van der Waals surface area contributed by atoms with Crippen LogP contribution in [0.1, 0.15) is 12.0 Å². The van der Waals surface area contributed by atoms with E-state index in [1.54, 1.807) is 0 Å². The normalized spacial score (nSPS) is 9.00. The van der Waals surface area contributed by atoms with E-state index in [1.807, 2.05) is 0 Å². The minimum absolute atomic E-state index is 0.0732. The molecule has 0 heterocycles. The van der Waals surface area contributed by atoms with Gasteiger partial charge in [-0.25, -0.2) is 0 Å². The highest BCUT2D eigenvalue weighted by Crippen LogP contribution is 2.22. The van der Waals surface area contributed by atoms with Crippen molar-refractivity contribution in [1.82, 2.24) is 0 Å². The molecule has 0 aromatic heterocycles. The van der Waals surface area contributed by atoms with E-state index in [2.05, 4.69) is 11.8 Å². The van der Waals surface area contributed by atoms with Crippen molar-refractivity contribution in [3.8, 4) is 17.6 Å². The van der Waals surface area contributed by atoms with E-state index in [4.69, 9.17) is 10.2 Å². The minimum Gasteiger partial charge on any atom is -0.508 e. The van der Waals surface area contributed by atoms with Gasteiger partial charge < -0.3 is 10.2 Å². The van der Waals surface area contributed by atoms with Crippen molar-refractivity contribution in [3.05, 3.63) is 33.9 Å². The number of carboxylic acid groups (broad SMARTS) is 1. The zero-order chi connectivity index (χ0) is 12.1. The monoisotopic (exact) mass is 221 g/mol. The van der Waals surface area contributed by atoms with Gasteiger partial charge in [0.1, 0.15) is 17.7 Å². The molecule has 0 spiro atoms. The molecule has 1 aromatic carbocycles. The molecular weight excluding hydrogens is 214 g/mol. The molecule has 0 saturated heterocycles. The summed E-state index contributed by atoms with van der Waals surface area (Å²) in [5.41, 5.74) is -0.276. The summed E-state index contributed by atoms with van der Waals surface area (Å²) >= 11 is 0. The molecule has 0 aliphatic rings. The molecule has 0 unspecified atom stereocenters. The van der Waals surface area contributed by atoms with Gasteiger partial charge in [-0.3, -0.25) is 14.9 Å². The predicted octanol–water partition coefficient (Wildman–Crippen LogP) is 1.13. The second kappa shape index (κ2) is 4.79. The van der Waals surface area contributed by atoms with Crippen LogP contribution in [0.5, 0.6) is 5.75 Å². The van der Waals surface area contributed by atoms with Crippen LogP contribution in [0.25, 0.3) is 0 Å². The van der Waals surface area contributed by atoms with E-state index in [9.17, 15) is 14.9 Å². The molecule has 0 amide bonds. The van der Waals surface area contributed by atoms with Crippen LogP contribution in [-0.4, -0.2) is 21.1 Å². The van der Waals surface area contributed by atoms with Gasteiger partial charge in [-0.1, -0.05) is 11.8 Å². The molecule has 16 heavy (non-hydrogen) atoms. The standard InChI is InChI=1S/C10H7NO5/c12-8-5-4-7(2-1-3-10(13)14)9(6-8)11(15)16/h4-6,12H,3H2,(H,13,14). The second-order valence-corrected chi connectivity index (χ2v) is 2.83. The lowest BCUT2D eigenvalue weighted by atomic mass is 10.1. The number of benzene rings is 1. The van der Waals surface area contributed by atoms with Crippen molar-refractivity contribution in [2.45, 2.75) is 6.42 Å². The third-order valence-electron chi connectivity index (χ3n) is 1.64. The number of nitrogens with zero attached hydrogens (tertiary/aromatic N) is 1. The lowest BCUT2D eigenvalue weighted by Gasteiger charge is -1.95. The quantitative estimate of drug-likeness (QED) is 0.442. The van der Waals surface area contributed by atoms with E-state index >= 15 is 0 Å². The maximum absolute atomic E-state index is 10.6. The smallest absolute Gasteiger partial charge is 0.315 e. The topological polar surface area (TPSA) is 101 Å². The number of carboxylic acids is 1. The number of nitro groups is 1. The SMILES string of the molecule is O=C(O)CC#Cc1ccc(O)cc1[N+](=O)[O-]. The Morgan fingerprint density at radius 1 is 1.50 bits per heavy atom. The lowest BCUT2D eigenvalue weighted by molar-refractivity contribution is -0.385. The molecule has 82 valence electrons. The van der Waals surface area contributed by atoms with Crippen LogP contribution in [0.15, 0.2) is 18.2 Å². The van der Waals surface area contributed by atoms with Crippen LogP contribution in [-0.2, 0) is 4.79 Å². The van der Waals surface area contributed by atoms with Crippen molar-refractivity contribution in [1.29, 1.82) is 0 Å². The minimum atomic E-state index is -1.10. The molecule has 0 bridgehead atoms. The number of phenols is 1. The Balaban J connectivity index is 3.07. The third-order valence-corrected chi connectivity index (χ3v) is 1.64. The number of carbonyl (C=O) groups is 1. The van der Waals surface area contributed by atoms with Gasteiger partial charge >= 0.3 is 5.97 Å². The van der Waals surface area contributed by atoms with E-state index in [1.165, 1.54) is 12.1 Å². The predicted molar refractivity (Wildman–Crippen MR) is 53.9 cm³/mol. The van der Waals surface area contributed by atoms with Crippen molar-refractivity contribution >= 4 is 11.7 Å². The number of aromatic hydroxyl groups is 1. The van der Waals surface area contributed by atoms with Gasteiger partial charge in [-0.15, -0.1) is 0 Å². The summed E-state index contributed by atoms with van der Waals surface area (Å²) in [7, 11) is 0. The summed E-state index contributed by atoms with van der Waals surface area (Å²) in [6.45, 7) is 0. The molecule has 0 aliphatic heterocycles. The van der Waals surface area contributed by atoms with Crippen LogP contribution in [0.3, 0.4) is 0 Å². The van der Waals surface area contributed by atoms with Crippen molar-refractivity contribution in [2.24, 2.45) is 0 Å². The zero-order valence-electron chi connectivity index (χ0n) is 8.01. The molecule has 2 N–H and O–H groups in total. The van der Waals surface area contributed by atoms with Crippen LogP contribution in [0, 0.1) is 22.0 Å². The Morgan fingerprint density at radius 2 is 2.19 bits per heavy atom. The van der Waals surface area contributed by atoms with Crippen LogP contribution in [0.4, 0.5) is 5.69 Å². The van der Waals surface area contributed by atoms with Gasteiger partial charge in [0.25, 0.3) is 5.69 Å². The second-order valence-electron chi connectivity index (χ2n) is 2.83. The van der Waals surface area contributed by atoms with Gasteiger partial charge in [0.15, 0.2) is 0 Å². The molecule has 0 fully saturated rings. The van der Waals surface area contributed by atoms with Crippen LogP contribution < -0.4 is 0 Å². The van der Waals surface area contributed by atoms with Crippen LogP contribution >= 0.6 is 0 Å². The van der Waals surface area contributed by atoms with Gasteiger partial charge in [-0.05, 0) is 12.1 Å². The first-order valence-corrected chi connectivity index (χ1v) is 4.19. The van der Waals surface area contributed by atoms with Gasteiger partial charge in [0, 0.05) is 0 Å². The summed E-state index contributed by atoms with van der Waals surface area (Å²) in [6.07, 6.45) is -0.391. The average Bonchev–Trinajstić information content (AvgIpc) is 2.19. The highest BCUT2D eigenvalue weighted by Gasteiger charge is 2.12. The lowest BCUT2D eigenvalue weighted by Crippen LogP contribution is -1.93.